The van der Waals surface area contributed by atoms with Gasteiger partial charge in [-0.15, -0.1) is 0 Å². The highest BCUT2D eigenvalue weighted by Gasteiger charge is 2.24. The number of carbonyl (C=O) groups is 1. The van der Waals surface area contributed by atoms with Crippen LogP contribution in [-0.4, -0.2) is 35.6 Å². The van der Waals surface area contributed by atoms with Gasteiger partial charge in [0, 0.05) is 22.2 Å². The first kappa shape index (κ1) is 20.1. The van der Waals surface area contributed by atoms with Crippen LogP contribution < -0.4 is 20.3 Å². The fraction of sp³-hybridized carbons (Fsp3) is 0.240. The summed E-state index contributed by atoms with van der Waals surface area (Å²) in [6, 6.07) is 13.0. The van der Waals surface area contributed by atoms with Crippen LogP contribution in [0.5, 0.6) is 11.5 Å². The second kappa shape index (κ2) is 7.37. The minimum atomic E-state index is -0.242. The molecule has 0 aliphatic rings. The number of carbonyl (C=O) groups excluding carboxylic acids is 1. The first-order valence-electron chi connectivity index (χ1n) is 10.5. The first-order valence-corrected chi connectivity index (χ1v) is 10.5. The minimum Gasteiger partial charge on any atom is -0.493 e. The third-order valence-corrected chi connectivity index (χ3v) is 6.09. The molecule has 0 radical (unpaired) electrons. The van der Waals surface area contributed by atoms with Crippen LogP contribution in [0, 0.1) is 0 Å². The molecule has 0 aliphatic carbocycles. The number of nitrogens with one attached hydrogen (secondary N) is 1. The Kier molecular flexibility index (Phi) is 4.62. The monoisotopic (exact) mass is 429 g/mol. The van der Waals surface area contributed by atoms with Crippen molar-refractivity contribution in [3.63, 3.8) is 0 Å². The Hall–Kier alpha value is -3.87. The first-order chi connectivity index (χ1) is 15.5. The van der Waals surface area contributed by atoms with Crippen molar-refractivity contribution in [3.05, 3.63) is 58.5 Å². The summed E-state index contributed by atoms with van der Waals surface area (Å²) in [6.07, 6.45) is 0.814. The molecule has 7 heteroatoms. The van der Waals surface area contributed by atoms with E-state index < -0.39 is 0 Å². The fourth-order valence-corrected chi connectivity index (χ4v) is 4.35. The van der Waals surface area contributed by atoms with Gasteiger partial charge < -0.3 is 14.8 Å². The van der Waals surface area contributed by atoms with E-state index in [1.807, 2.05) is 38.1 Å². The largest absolute Gasteiger partial charge is 0.493 e. The quantitative estimate of drug-likeness (QED) is 0.425. The number of methoxy groups -OCH3 is 2. The summed E-state index contributed by atoms with van der Waals surface area (Å²) >= 11 is 0. The summed E-state index contributed by atoms with van der Waals surface area (Å²) in [6.45, 7) is 3.97. The van der Waals surface area contributed by atoms with Crippen molar-refractivity contribution in [3.8, 4) is 11.5 Å². The Bertz CT molecular complexity index is 1570. The van der Waals surface area contributed by atoms with E-state index in [4.69, 9.17) is 14.5 Å². The topological polar surface area (TPSA) is 81.9 Å². The van der Waals surface area contributed by atoms with Crippen LogP contribution in [0.15, 0.2) is 47.3 Å². The van der Waals surface area contributed by atoms with E-state index in [0.29, 0.717) is 39.0 Å². The highest BCUT2D eigenvalue weighted by atomic mass is 16.5. The molecule has 0 saturated heterocycles. The molecule has 0 spiro atoms. The maximum Gasteiger partial charge on any atom is 0.270 e. The second-order valence-corrected chi connectivity index (χ2v) is 7.92. The van der Waals surface area contributed by atoms with E-state index in [9.17, 15) is 9.59 Å². The van der Waals surface area contributed by atoms with Crippen molar-refractivity contribution in [2.75, 3.05) is 14.2 Å². The molecule has 0 fully saturated rings. The average molecular weight is 429 g/mol. The average Bonchev–Trinajstić information content (AvgIpc) is 3.16. The molecule has 3 heterocycles. The summed E-state index contributed by atoms with van der Waals surface area (Å²) in [7, 11) is 3.04. The molecular formula is C25H23N3O4. The van der Waals surface area contributed by atoms with Gasteiger partial charge in [-0.2, -0.15) is 0 Å². The number of aromatic nitrogens is 2. The van der Waals surface area contributed by atoms with Crippen molar-refractivity contribution in [2.45, 2.75) is 26.3 Å². The number of fused-ring (bicyclic) bond motifs is 5. The molecule has 0 saturated carbocycles. The Morgan fingerprint density at radius 1 is 1.09 bits per heavy atom. The third kappa shape index (κ3) is 2.70. The molecule has 1 atom stereocenters. The highest BCUT2D eigenvalue weighted by molar-refractivity contribution is 6.21. The molecule has 1 N–H and O–H groups in total. The van der Waals surface area contributed by atoms with Crippen molar-refractivity contribution in [2.24, 2.45) is 0 Å². The summed E-state index contributed by atoms with van der Waals surface area (Å²) in [5.41, 5.74) is 2.11. The van der Waals surface area contributed by atoms with Crippen LogP contribution >= 0.6 is 0 Å². The number of pyridine rings is 2. The minimum absolute atomic E-state index is 0.0240. The summed E-state index contributed by atoms with van der Waals surface area (Å²) in [5, 5.41) is 5.67. The summed E-state index contributed by atoms with van der Waals surface area (Å²) < 4.78 is 12.7. The van der Waals surface area contributed by atoms with Crippen molar-refractivity contribution >= 4 is 44.0 Å². The van der Waals surface area contributed by atoms with Gasteiger partial charge in [0.15, 0.2) is 11.5 Å². The standard InChI is InChI=1S/C25H23N3O4/c1-5-13(2)26-24(29)17-12-16-14-8-6-7-9-18(14)28-22(16)21(27-17)15-10-11-19(31-3)23(32-4)20(15)25(28)30/h6-13H,5H2,1-4H3,(H,26,29)/t13-/m0/s1. The number of para-hydroxylation sites is 1. The van der Waals surface area contributed by atoms with E-state index >= 15 is 0 Å². The van der Waals surface area contributed by atoms with Gasteiger partial charge in [0.1, 0.15) is 5.69 Å². The number of benzene rings is 2. The zero-order chi connectivity index (χ0) is 22.6. The lowest BCUT2D eigenvalue weighted by atomic mass is 10.1. The Balaban J connectivity index is 2.00. The smallest absolute Gasteiger partial charge is 0.270 e. The van der Waals surface area contributed by atoms with E-state index in [0.717, 1.165) is 22.7 Å². The maximum absolute atomic E-state index is 13.7. The van der Waals surface area contributed by atoms with Gasteiger partial charge in [0.05, 0.1) is 36.2 Å². The Morgan fingerprint density at radius 2 is 1.88 bits per heavy atom. The predicted molar refractivity (Wildman–Crippen MR) is 125 cm³/mol. The lowest BCUT2D eigenvalue weighted by molar-refractivity contribution is 0.0934. The van der Waals surface area contributed by atoms with E-state index in [-0.39, 0.29) is 17.5 Å². The predicted octanol–water partition coefficient (Wildman–Crippen LogP) is 4.14. The second-order valence-electron chi connectivity index (χ2n) is 7.92. The lowest BCUT2D eigenvalue weighted by Crippen LogP contribution is -2.32. The maximum atomic E-state index is 13.7. The zero-order valence-electron chi connectivity index (χ0n) is 18.4. The molecule has 7 nitrogen and oxygen atoms in total. The van der Waals surface area contributed by atoms with Gasteiger partial charge in [-0.25, -0.2) is 4.98 Å². The summed E-state index contributed by atoms with van der Waals surface area (Å²) in [4.78, 5) is 31.5. The molecule has 1 amide bonds. The molecule has 0 aliphatic heterocycles. The third-order valence-electron chi connectivity index (χ3n) is 6.09. The molecule has 162 valence electrons. The molecule has 2 aromatic carbocycles. The van der Waals surface area contributed by atoms with Gasteiger partial charge in [0.2, 0.25) is 0 Å². The molecule has 0 bridgehead atoms. The van der Waals surface area contributed by atoms with Gasteiger partial charge in [-0.05, 0) is 37.6 Å². The van der Waals surface area contributed by atoms with E-state index in [1.54, 1.807) is 22.6 Å². The molecule has 32 heavy (non-hydrogen) atoms. The van der Waals surface area contributed by atoms with Crippen LogP contribution in [0.2, 0.25) is 0 Å². The molecule has 3 aromatic heterocycles. The zero-order valence-corrected chi connectivity index (χ0v) is 18.4. The number of rotatable bonds is 5. The van der Waals surface area contributed by atoms with Crippen LogP contribution in [0.1, 0.15) is 30.8 Å². The molecule has 5 rings (SSSR count). The van der Waals surface area contributed by atoms with Crippen molar-refractivity contribution in [1.82, 2.24) is 14.7 Å². The number of hydrogen-bond acceptors (Lipinski definition) is 5. The van der Waals surface area contributed by atoms with Gasteiger partial charge >= 0.3 is 0 Å². The Labute approximate surface area is 183 Å². The van der Waals surface area contributed by atoms with Crippen LogP contribution in [0.25, 0.3) is 38.1 Å². The number of hydrogen-bond donors (Lipinski definition) is 1. The van der Waals surface area contributed by atoms with Crippen molar-refractivity contribution < 1.29 is 14.3 Å². The molecular weight excluding hydrogens is 406 g/mol. The van der Waals surface area contributed by atoms with Gasteiger partial charge in [-0.1, -0.05) is 25.1 Å². The van der Waals surface area contributed by atoms with Crippen molar-refractivity contribution in [1.29, 1.82) is 0 Å². The van der Waals surface area contributed by atoms with Gasteiger partial charge in [0.25, 0.3) is 11.5 Å². The van der Waals surface area contributed by atoms with E-state index in [2.05, 4.69) is 5.32 Å². The highest BCUT2D eigenvalue weighted by Crippen LogP contribution is 2.39. The van der Waals surface area contributed by atoms with Gasteiger partial charge in [-0.3, -0.25) is 14.0 Å². The van der Waals surface area contributed by atoms with Crippen LogP contribution in [0.3, 0.4) is 0 Å². The fourth-order valence-electron chi connectivity index (χ4n) is 4.35. The number of amides is 1. The van der Waals surface area contributed by atoms with Crippen LogP contribution in [0.4, 0.5) is 0 Å². The molecule has 5 aromatic rings. The summed E-state index contributed by atoms with van der Waals surface area (Å²) in [5.74, 6) is 0.567. The molecule has 0 unspecified atom stereocenters. The SMILES string of the molecule is CC[C@H](C)NC(=O)c1cc2c3ccccc3n3c(=O)c4c(OC)c(OC)ccc4c(n1)c23. The number of ether oxygens (including phenoxy) is 2. The van der Waals surface area contributed by atoms with E-state index in [1.165, 1.54) is 14.2 Å². The lowest BCUT2D eigenvalue weighted by Gasteiger charge is -2.14. The van der Waals surface area contributed by atoms with Crippen LogP contribution in [-0.2, 0) is 0 Å². The normalized spacial score (nSPS) is 12.6. The Morgan fingerprint density at radius 3 is 2.59 bits per heavy atom. The number of nitrogens with zero attached hydrogens (tertiary/aromatic N) is 2.